The summed E-state index contributed by atoms with van der Waals surface area (Å²) in [6.45, 7) is 0. The molecule has 0 aliphatic heterocycles. The molecule has 2 aromatic rings. The van der Waals surface area contributed by atoms with Crippen LogP contribution in [0.25, 0.3) is 0 Å². The zero-order chi connectivity index (χ0) is 18.3. The first-order valence-electron chi connectivity index (χ1n) is 6.39. The van der Waals surface area contributed by atoms with Crippen LogP contribution in [0.5, 0.6) is 0 Å². The van der Waals surface area contributed by atoms with Crippen molar-refractivity contribution >= 4 is 37.3 Å². The van der Waals surface area contributed by atoms with E-state index in [1.165, 1.54) is 25.7 Å². The van der Waals surface area contributed by atoms with Crippen molar-refractivity contribution in [2.45, 2.75) is 9.92 Å². The number of nitrogens with zero attached hydrogens (tertiary/aromatic N) is 3. The molecular formula is C12H14ClFN4O4S2. The average Bonchev–Trinajstić information content (AvgIpc) is 2.81. The number of benzene rings is 1. The SMILES string of the molecule is CN(C)S(=O)(=O)c1ccc(F)c(NS(=O)(=O)c2cn(C)c(Cl)n2)c1. The van der Waals surface area contributed by atoms with Crippen LogP contribution in [-0.4, -0.2) is 44.8 Å². The Labute approximate surface area is 144 Å². The normalized spacial score (nSPS) is 12.6. The van der Waals surface area contributed by atoms with Crippen molar-refractivity contribution in [2.24, 2.45) is 7.05 Å². The van der Waals surface area contributed by atoms with E-state index in [2.05, 4.69) is 4.98 Å². The van der Waals surface area contributed by atoms with Crippen LogP contribution in [0.1, 0.15) is 0 Å². The maximum absolute atomic E-state index is 13.9. The van der Waals surface area contributed by atoms with E-state index in [0.29, 0.717) is 0 Å². The second-order valence-corrected chi connectivity index (χ2v) is 9.11. The molecule has 0 unspecified atom stereocenters. The number of hydrogen-bond acceptors (Lipinski definition) is 5. The molecule has 0 saturated carbocycles. The molecule has 0 spiro atoms. The van der Waals surface area contributed by atoms with E-state index >= 15 is 0 Å². The van der Waals surface area contributed by atoms with Crippen LogP contribution >= 0.6 is 11.6 Å². The van der Waals surface area contributed by atoms with Crippen LogP contribution in [0.2, 0.25) is 5.28 Å². The van der Waals surface area contributed by atoms with E-state index in [9.17, 15) is 21.2 Å². The molecule has 0 fully saturated rings. The van der Waals surface area contributed by atoms with E-state index in [-0.39, 0.29) is 10.2 Å². The van der Waals surface area contributed by atoms with Crippen molar-refractivity contribution in [2.75, 3.05) is 18.8 Å². The van der Waals surface area contributed by atoms with Crippen molar-refractivity contribution in [3.63, 3.8) is 0 Å². The van der Waals surface area contributed by atoms with Gasteiger partial charge in [-0.2, -0.15) is 8.42 Å². The molecule has 0 aliphatic carbocycles. The van der Waals surface area contributed by atoms with Gasteiger partial charge in [-0.25, -0.2) is 22.1 Å². The molecule has 24 heavy (non-hydrogen) atoms. The van der Waals surface area contributed by atoms with Crippen molar-refractivity contribution in [3.8, 4) is 0 Å². The van der Waals surface area contributed by atoms with Crippen molar-refractivity contribution in [1.29, 1.82) is 0 Å². The Hall–Kier alpha value is -1.69. The first-order valence-corrected chi connectivity index (χ1v) is 9.69. The predicted octanol–water partition coefficient (Wildman–Crippen LogP) is 1.26. The fourth-order valence-corrected chi connectivity index (χ4v) is 3.87. The van der Waals surface area contributed by atoms with Crippen LogP contribution in [0.15, 0.2) is 34.3 Å². The lowest BCUT2D eigenvalue weighted by Gasteiger charge is -2.13. The molecule has 1 aromatic carbocycles. The molecule has 1 heterocycles. The number of rotatable bonds is 5. The number of halogens is 2. The number of sulfonamides is 2. The average molecular weight is 397 g/mol. The Kier molecular flexibility index (Phi) is 4.91. The van der Waals surface area contributed by atoms with Crippen molar-refractivity contribution in [1.82, 2.24) is 13.9 Å². The van der Waals surface area contributed by atoms with Gasteiger partial charge in [-0.05, 0) is 29.8 Å². The molecule has 0 radical (unpaired) electrons. The van der Waals surface area contributed by atoms with E-state index in [0.717, 1.165) is 28.7 Å². The monoisotopic (exact) mass is 396 g/mol. The summed E-state index contributed by atoms with van der Waals surface area (Å²) in [7, 11) is -3.99. The molecule has 1 N–H and O–H groups in total. The number of aromatic nitrogens is 2. The minimum absolute atomic E-state index is 0.0696. The maximum Gasteiger partial charge on any atom is 0.281 e. The summed E-state index contributed by atoms with van der Waals surface area (Å²) in [5.41, 5.74) is -0.514. The van der Waals surface area contributed by atoms with Gasteiger partial charge in [0, 0.05) is 27.3 Å². The van der Waals surface area contributed by atoms with Crippen molar-refractivity contribution < 1.29 is 21.2 Å². The molecule has 0 aliphatic rings. The van der Waals surface area contributed by atoms with E-state index in [1.807, 2.05) is 4.72 Å². The highest BCUT2D eigenvalue weighted by atomic mass is 35.5. The van der Waals surface area contributed by atoms with E-state index in [1.54, 1.807) is 0 Å². The van der Waals surface area contributed by atoms with Crippen LogP contribution < -0.4 is 4.72 Å². The Balaban J connectivity index is 2.46. The van der Waals surface area contributed by atoms with Gasteiger partial charge in [-0.3, -0.25) is 4.72 Å². The zero-order valence-electron chi connectivity index (χ0n) is 12.9. The molecule has 0 saturated heterocycles. The Morgan fingerprint density at radius 2 is 1.88 bits per heavy atom. The van der Waals surface area contributed by atoms with Gasteiger partial charge in [0.25, 0.3) is 10.0 Å². The summed E-state index contributed by atoms with van der Waals surface area (Å²) >= 11 is 5.69. The quantitative estimate of drug-likeness (QED) is 0.819. The highest BCUT2D eigenvalue weighted by molar-refractivity contribution is 7.92. The summed E-state index contributed by atoms with van der Waals surface area (Å²) in [5.74, 6) is -0.932. The molecule has 1 aromatic heterocycles. The molecule has 0 bridgehead atoms. The molecule has 0 atom stereocenters. The smallest absolute Gasteiger partial charge is 0.281 e. The maximum atomic E-state index is 13.9. The van der Waals surface area contributed by atoms with Crippen LogP contribution in [0, 0.1) is 5.82 Å². The standard InChI is InChI=1S/C12H14ClFN4O4S2/c1-17(2)24(21,22)8-4-5-9(14)10(6-8)16-23(19,20)11-7-18(3)12(13)15-11/h4-7,16H,1-3H3. The predicted molar refractivity (Wildman–Crippen MR) is 86.3 cm³/mol. The Bertz CT molecular complexity index is 967. The van der Waals surface area contributed by atoms with Crippen molar-refractivity contribution in [3.05, 3.63) is 35.5 Å². The Morgan fingerprint density at radius 1 is 1.25 bits per heavy atom. The lowest BCUT2D eigenvalue weighted by Crippen LogP contribution is -2.22. The Morgan fingerprint density at radius 3 is 2.38 bits per heavy atom. The molecule has 0 amide bonds. The number of imidazole rings is 1. The fourth-order valence-electron chi connectivity index (χ4n) is 1.70. The largest absolute Gasteiger partial charge is 0.323 e. The van der Waals surface area contributed by atoms with E-state index in [4.69, 9.17) is 11.6 Å². The third kappa shape index (κ3) is 3.53. The first kappa shape index (κ1) is 18.6. The van der Waals surface area contributed by atoms with Gasteiger partial charge in [-0.15, -0.1) is 0 Å². The van der Waals surface area contributed by atoms with Gasteiger partial charge in [0.15, 0.2) is 5.03 Å². The van der Waals surface area contributed by atoms with Gasteiger partial charge >= 0.3 is 0 Å². The van der Waals surface area contributed by atoms with Gasteiger partial charge in [0.1, 0.15) is 5.82 Å². The van der Waals surface area contributed by atoms with Gasteiger partial charge < -0.3 is 4.57 Å². The first-order chi connectivity index (χ1) is 10.9. The molecule has 8 nitrogen and oxygen atoms in total. The third-order valence-electron chi connectivity index (χ3n) is 3.03. The second kappa shape index (κ2) is 6.31. The van der Waals surface area contributed by atoms with Crippen LogP contribution in [0.4, 0.5) is 10.1 Å². The second-order valence-electron chi connectivity index (χ2n) is 4.99. The number of aryl methyl sites for hydroxylation is 1. The molecular weight excluding hydrogens is 383 g/mol. The highest BCUT2D eigenvalue weighted by Crippen LogP contribution is 2.24. The summed E-state index contributed by atoms with van der Waals surface area (Å²) in [5, 5.41) is -0.491. The van der Waals surface area contributed by atoms with E-state index < -0.39 is 36.6 Å². The van der Waals surface area contributed by atoms with Crippen LogP contribution in [0.3, 0.4) is 0 Å². The lowest BCUT2D eigenvalue weighted by molar-refractivity contribution is 0.520. The lowest BCUT2D eigenvalue weighted by atomic mass is 10.3. The number of anilines is 1. The summed E-state index contributed by atoms with van der Waals surface area (Å²) in [6, 6.07) is 2.80. The van der Waals surface area contributed by atoms with Gasteiger partial charge in [0.05, 0.1) is 10.6 Å². The summed E-state index contributed by atoms with van der Waals surface area (Å²) in [4.78, 5) is 3.38. The minimum Gasteiger partial charge on any atom is -0.323 e. The summed E-state index contributed by atoms with van der Waals surface area (Å²) < 4.78 is 66.7. The zero-order valence-corrected chi connectivity index (χ0v) is 15.2. The third-order valence-corrected chi connectivity index (χ3v) is 6.43. The highest BCUT2D eigenvalue weighted by Gasteiger charge is 2.23. The van der Waals surface area contributed by atoms with Crippen LogP contribution in [-0.2, 0) is 27.1 Å². The van der Waals surface area contributed by atoms with Gasteiger partial charge in [0.2, 0.25) is 15.3 Å². The number of nitrogens with one attached hydrogen (secondary N) is 1. The summed E-state index contributed by atoms with van der Waals surface area (Å²) in [6.07, 6.45) is 1.14. The molecule has 12 heteroatoms. The van der Waals surface area contributed by atoms with Gasteiger partial charge in [-0.1, -0.05) is 0 Å². The molecule has 2 rings (SSSR count). The molecule has 132 valence electrons. The topological polar surface area (TPSA) is 101 Å². The number of hydrogen-bond donors (Lipinski definition) is 1. The minimum atomic E-state index is -4.23. The fraction of sp³-hybridized carbons (Fsp3) is 0.250.